The lowest BCUT2D eigenvalue weighted by Gasteiger charge is -2.24. The number of thiazole rings is 1. The molecule has 3 aromatic rings. The van der Waals surface area contributed by atoms with Gasteiger partial charge in [-0.3, -0.25) is 14.5 Å². The van der Waals surface area contributed by atoms with Crippen LogP contribution in [0.2, 0.25) is 0 Å². The molecule has 0 bridgehead atoms. The maximum Gasteiger partial charge on any atom is 0.350 e. The van der Waals surface area contributed by atoms with Crippen LogP contribution in [0.1, 0.15) is 45.0 Å². The van der Waals surface area contributed by atoms with Gasteiger partial charge in [0.25, 0.3) is 5.78 Å². The van der Waals surface area contributed by atoms with Gasteiger partial charge in [0.05, 0.1) is 52.4 Å². The van der Waals surface area contributed by atoms with Gasteiger partial charge in [0.1, 0.15) is 16.4 Å². The number of aliphatic hydroxyl groups is 1. The molecule has 1 aliphatic heterocycles. The van der Waals surface area contributed by atoms with Gasteiger partial charge in [0.15, 0.2) is 16.6 Å². The molecule has 4 rings (SSSR count). The molecular weight excluding hydrogens is 552 g/mol. The summed E-state index contributed by atoms with van der Waals surface area (Å²) in [6, 6.07) is 6.97. The normalized spacial score (nSPS) is 16.1. The van der Waals surface area contributed by atoms with Crippen LogP contribution in [0.5, 0.6) is 23.0 Å². The molecule has 1 aliphatic rings. The average molecular weight is 583 g/mol. The highest BCUT2D eigenvalue weighted by Crippen LogP contribution is 2.48. The number of aryl methyl sites for hydroxylation is 2. The zero-order chi connectivity index (χ0) is 30.0. The highest BCUT2D eigenvalue weighted by Gasteiger charge is 2.49. The van der Waals surface area contributed by atoms with Gasteiger partial charge >= 0.3 is 11.9 Å². The molecule has 0 aliphatic carbocycles. The minimum absolute atomic E-state index is 0.0805. The molecule has 1 atom stereocenters. The standard InChI is InChI=1S/C29H30N2O9S/c1-8-40-28(35)26-15(3)30-29(41-26)31-22(16-12-19(37-5)25(39-7)20(13-16)38-6)21(24(33)27(31)34)23(32)18-10-9-17(36-4)11-14(18)2/h9-13,22,32H,8H2,1-7H3. The molecule has 11 nitrogen and oxygen atoms in total. The van der Waals surface area contributed by atoms with Gasteiger partial charge in [-0.05, 0) is 62.2 Å². The third-order valence-electron chi connectivity index (χ3n) is 6.59. The van der Waals surface area contributed by atoms with E-state index >= 15 is 0 Å². The van der Waals surface area contributed by atoms with Crippen LogP contribution in [0.4, 0.5) is 5.13 Å². The van der Waals surface area contributed by atoms with Crippen molar-refractivity contribution in [1.82, 2.24) is 4.98 Å². The first kappa shape index (κ1) is 29.4. The van der Waals surface area contributed by atoms with Gasteiger partial charge < -0.3 is 28.8 Å². The molecule has 0 spiro atoms. The second-order valence-electron chi connectivity index (χ2n) is 8.94. The monoisotopic (exact) mass is 582 g/mol. The van der Waals surface area contributed by atoms with E-state index in [0.29, 0.717) is 33.9 Å². The van der Waals surface area contributed by atoms with E-state index in [4.69, 9.17) is 23.7 Å². The third-order valence-corrected chi connectivity index (χ3v) is 7.72. The summed E-state index contributed by atoms with van der Waals surface area (Å²) in [6.45, 7) is 5.19. The van der Waals surface area contributed by atoms with Gasteiger partial charge in [0.2, 0.25) is 5.75 Å². The van der Waals surface area contributed by atoms with Crippen molar-refractivity contribution in [3.05, 3.63) is 63.2 Å². The number of ketones is 1. The van der Waals surface area contributed by atoms with Crippen LogP contribution in [-0.2, 0) is 14.3 Å². The summed E-state index contributed by atoms with van der Waals surface area (Å²) in [4.78, 5) is 45.6. The van der Waals surface area contributed by atoms with E-state index in [1.165, 1.54) is 28.4 Å². The molecule has 41 heavy (non-hydrogen) atoms. The summed E-state index contributed by atoms with van der Waals surface area (Å²) in [5.74, 6) is -1.43. The lowest BCUT2D eigenvalue weighted by molar-refractivity contribution is -0.132. The van der Waals surface area contributed by atoms with Gasteiger partial charge in [-0.1, -0.05) is 11.3 Å². The fraction of sp³-hybridized carbons (Fsp3) is 0.310. The van der Waals surface area contributed by atoms with E-state index in [1.54, 1.807) is 51.1 Å². The molecular formula is C29H30N2O9S. The SMILES string of the molecule is CCOC(=O)c1sc(N2C(=O)C(=O)C(=C(O)c3ccc(OC)cc3C)C2c2cc(OC)c(OC)c(OC)c2)nc1C. The van der Waals surface area contributed by atoms with Crippen LogP contribution in [0, 0.1) is 13.8 Å². The van der Waals surface area contributed by atoms with Crippen LogP contribution in [0.15, 0.2) is 35.9 Å². The number of nitrogens with zero attached hydrogens (tertiary/aromatic N) is 2. The smallest absolute Gasteiger partial charge is 0.350 e. The van der Waals surface area contributed by atoms with Gasteiger partial charge in [-0.2, -0.15) is 0 Å². The number of rotatable bonds is 9. The maximum atomic E-state index is 13.6. The molecule has 1 amide bonds. The van der Waals surface area contributed by atoms with Crippen molar-refractivity contribution in [1.29, 1.82) is 0 Å². The Morgan fingerprint density at radius 3 is 2.20 bits per heavy atom. The third kappa shape index (κ3) is 5.18. The average Bonchev–Trinajstić information content (AvgIpc) is 3.47. The van der Waals surface area contributed by atoms with Crippen LogP contribution in [-0.4, -0.2) is 62.8 Å². The molecule has 1 unspecified atom stereocenters. The molecule has 1 fully saturated rings. The summed E-state index contributed by atoms with van der Waals surface area (Å²) in [6.07, 6.45) is 0. The number of carbonyl (C=O) groups is 3. The number of aromatic nitrogens is 1. The molecule has 1 saturated heterocycles. The zero-order valence-corrected chi connectivity index (χ0v) is 24.5. The molecule has 2 heterocycles. The van der Waals surface area contributed by atoms with Crippen molar-refractivity contribution in [2.75, 3.05) is 39.9 Å². The van der Waals surface area contributed by atoms with E-state index in [-0.39, 0.29) is 39.4 Å². The molecule has 0 saturated carbocycles. The number of hydrogen-bond donors (Lipinski definition) is 1. The number of hydrogen-bond acceptors (Lipinski definition) is 11. The summed E-state index contributed by atoms with van der Waals surface area (Å²) in [5.41, 5.74) is 1.48. The number of amides is 1. The lowest BCUT2D eigenvalue weighted by Crippen LogP contribution is -2.29. The number of aliphatic hydroxyl groups excluding tert-OH is 1. The Balaban J connectivity index is 2.01. The van der Waals surface area contributed by atoms with Crippen LogP contribution < -0.4 is 23.8 Å². The predicted molar refractivity (Wildman–Crippen MR) is 151 cm³/mol. The summed E-state index contributed by atoms with van der Waals surface area (Å²) in [7, 11) is 5.85. The quantitative estimate of drug-likeness (QED) is 0.165. The maximum absolute atomic E-state index is 13.6. The number of Topliss-reactive ketones (excluding diaryl/α,β-unsaturated/α-hetero) is 1. The van der Waals surface area contributed by atoms with E-state index in [9.17, 15) is 19.5 Å². The number of ether oxygens (including phenoxy) is 5. The Labute approximate surface area is 240 Å². The van der Waals surface area contributed by atoms with Crippen LogP contribution >= 0.6 is 11.3 Å². The number of carbonyl (C=O) groups excluding carboxylic acids is 3. The number of anilines is 1. The predicted octanol–water partition coefficient (Wildman–Crippen LogP) is 4.60. The largest absolute Gasteiger partial charge is 0.507 e. The lowest BCUT2D eigenvalue weighted by atomic mass is 9.93. The van der Waals surface area contributed by atoms with Crippen molar-refractivity contribution in [2.24, 2.45) is 0 Å². The van der Waals surface area contributed by atoms with Crippen LogP contribution in [0.25, 0.3) is 5.76 Å². The van der Waals surface area contributed by atoms with E-state index < -0.39 is 23.7 Å². The molecule has 216 valence electrons. The molecule has 1 aromatic heterocycles. The van der Waals surface area contributed by atoms with E-state index in [1.807, 2.05) is 0 Å². The first-order valence-corrected chi connectivity index (χ1v) is 13.3. The molecule has 12 heteroatoms. The Morgan fingerprint density at radius 1 is 1.00 bits per heavy atom. The van der Waals surface area contributed by atoms with Gasteiger partial charge in [0, 0.05) is 5.56 Å². The van der Waals surface area contributed by atoms with E-state index in [2.05, 4.69) is 4.98 Å². The Bertz CT molecular complexity index is 1530. The molecule has 0 radical (unpaired) electrons. The minimum Gasteiger partial charge on any atom is -0.507 e. The fourth-order valence-electron chi connectivity index (χ4n) is 4.65. The summed E-state index contributed by atoms with van der Waals surface area (Å²) in [5, 5.41) is 11.7. The number of esters is 1. The Hall–Kier alpha value is -4.58. The van der Waals surface area contributed by atoms with Gasteiger partial charge in [-0.15, -0.1) is 0 Å². The minimum atomic E-state index is -1.16. The van der Waals surface area contributed by atoms with E-state index in [0.717, 1.165) is 16.2 Å². The van der Waals surface area contributed by atoms with Crippen molar-refractivity contribution >= 4 is 39.9 Å². The highest BCUT2D eigenvalue weighted by molar-refractivity contribution is 7.17. The molecule has 1 N–H and O–H groups in total. The Kier molecular flexibility index (Phi) is 8.52. The fourth-order valence-corrected chi connectivity index (χ4v) is 5.64. The van der Waals surface area contributed by atoms with Crippen LogP contribution in [0.3, 0.4) is 0 Å². The highest BCUT2D eigenvalue weighted by atomic mass is 32.1. The number of benzene rings is 2. The van der Waals surface area contributed by atoms with Gasteiger partial charge in [-0.25, -0.2) is 9.78 Å². The first-order chi connectivity index (χ1) is 19.6. The zero-order valence-electron chi connectivity index (χ0n) is 23.7. The van der Waals surface area contributed by atoms with Crippen molar-refractivity contribution in [3.8, 4) is 23.0 Å². The van der Waals surface area contributed by atoms with Crippen molar-refractivity contribution in [3.63, 3.8) is 0 Å². The first-order valence-electron chi connectivity index (χ1n) is 12.5. The van der Waals surface area contributed by atoms with Crippen molar-refractivity contribution in [2.45, 2.75) is 26.8 Å². The second-order valence-corrected chi connectivity index (χ2v) is 9.92. The summed E-state index contributed by atoms with van der Waals surface area (Å²) < 4.78 is 26.9. The molecule has 2 aromatic carbocycles. The summed E-state index contributed by atoms with van der Waals surface area (Å²) >= 11 is 0.914. The van der Waals surface area contributed by atoms with Crippen molar-refractivity contribution < 1.29 is 43.2 Å². The number of methoxy groups -OCH3 is 4. The Morgan fingerprint density at radius 2 is 1.66 bits per heavy atom. The topological polar surface area (TPSA) is 134 Å². The second kappa shape index (κ2) is 11.9.